The molecule has 0 fully saturated rings. The first-order valence-electron chi connectivity index (χ1n) is 23.0. The summed E-state index contributed by atoms with van der Waals surface area (Å²) in [4.78, 5) is 9.93. The van der Waals surface area contributed by atoms with Gasteiger partial charge in [-0.2, -0.15) is 0 Å². The third kappa shape index (κ3) is 8.97. The monoisotopic (exact) mass is 1110 g/mol. The number of imidazole rings is 1. The molecule has 3 aromatic heterocycles. The molecule has 0 N–H and O–H groups in total. The number of fused-ring (bicyclic) bond motifs is 6. The van der Waals surface area contributed by atoms with Gasteiger partial charge in [0.1, 0.15) is 5.58 Å². The maximum Gasteiger partial charge on any atom is 0 e. The van der Waals surface area contributed by atoms with Crippen molar-refractivity contribution in [1.29, 1.82) is 0 Å². The third-order valence-electron chi connectivity index (χ3n) is 12.7. The average molecular weight is 1110 g/mol. The molecule has 0 spiro atoms. The number of hydrogen-bond acceptors (Lipinski definition) is 3. The summed E-state index contributed by atoms with van der Waals surface area (Å²) in [5.74, 6) is 8.61. The van der Waals surface area contributed by atoms with E-state index in [4.69, 9.17) is 9.40 Å². The molecule has 0 bridgehead atoms. The van der Waals surface area contributed by atoms with Gasteiger partial charge in [0.15, 0.2) is 0 Å². The molecule has 4 nitrogen and oxygen atoms in total. The molecule has 0 saturated heterocycles. The van der Waals surface area contributed by atoms with Gasteiger partial charge in [-0.25, -0.2) is 0 Å². The van der Waals surface area contributed by atoms with Gasteiger partial charge >= 0.3 is 99.8 Å². The molecular weight excluding hydrogens is 1060 g/mol. The standard InChI is InChI=1S/C47H37N2O.C14H16GeN.Ir/c1-29(2)36-16-10-17-37(30(3)4)44(36)49-45-38-15-9-8-14-34(38)25-27-42(45)48-47(49)41-19-11-18-40-39-26-24-35(28-43(39)50-46(40)41)33-22-20-32(21-23-33)31-12-6-5-7-13-31;1-15(2,3)13-9-10-14(16-11-13)12-7-5-4-6-8-12;/h5-18,20-30H,1-4H3;4-7,9-11H,1-3H3;/q2*-1;. The van der Waals surface area contributed by atoms with E-state index in [2.05, 4.69) is 212 Å². The maximum atomic E-state index is 6.84. The number of rotatable bonds is 8. The number of hydrogen-bond donors (Lipinski definition) is 0. The molecule has 0 amide bonds. The molecular formula is C61H53GeIrN3O-2. The van der Waals surface area contributed by atoms with E-state index in [1.807, 2.05) is 36.5 Å². The smallest absolute Gasteiger partial charge is 0 e. The Morgan fingerprint density at radius 1 is 0.567 bits per heavy atom. The summed E-state index contributed by atoms with van der Waals surface area (Å²) in [5.41, 5.74) is 15.1. The normalized spacial score (nSPS) is 11.7. The fourth-order valence-corrected chi connectivity index (χ4v) is 11.3. The topological polar surface area (TPSA) is 43.9 Å². The Bertz CT molecular complexity index is 3470. The number of nitrogens with zero attached hydrogens (tertiary/aromatic N) is 3. The zero-order chi connectivity index (χ0) is 45.5. The Morgan fingerprint density at radius 2 is 1.24 bits per heavy atom. The number of furan rings is 1. The maximum absolute atomic E-state index is 6.84. The summed E-state index contributed by atoms with van der Waals surface area (Å²) in [6.45, 7) is 9.11. The van der Waals surface area contributed by atoms with Crippen molar-refractivity contribution in [3.63, 3.8) is 0 Å². The fourth-order valence-electron chi connectivity index (χ4n) is 9.12. The van der Waals surface area contributed by atoms with Crippen LogP contribution in [0, 0.1) is 12.1 Å². The van der Waals surface area contributed by atoms with Crippen LogP contribution in [0.4, 0.5) is 0 Å². The summed E-state index contributed by atoms with van der Waals surface area (Å²) in [7, 11) is 0. The molecule has 333 valence electrons. The predicted molar refractivity (Wildman–Crippen MR) is 281 cm³/mol. The van der Waals surface area contributed by atoms with Crippen LogP contribution >= 0.6 is 0 Å². The zero-order valence-electron chi connectivity index (χ0n) is 39.1. The molecule has 6 heteroatoms. The second-order valence-electron chi connectivity index (χ2n) is 18.8. The quantitative estimate of drug-likeness (QED) is 0.112. The van der Waals surface area contributed by atoms with Gasteiger partial charge in [-0.1, -0.05) is 154 Å². The minimum Gasteiger partial charge on any atom is 0 e. The summed E-state index contributed by atoms with van der Waals surface area (Å²) >= 11 is -1.72. The molecule has 67 heavy (non-hydrogen) atoms. The van der Waals surface area contributed by atoms with Gasteiger partial charge < -0.3 is 8.98 Å². The van der Waals surface area contributed by atoms with Crippen LogP contribution in [0.3, 0.4) is 0 Å². The van der Waals surface area contributed by atoms with Crippen molar-refractivity contribution < 1.29 is 24.5 Å². The SMILES string of the molecule is CC(C)c1cccc(C(C)C)c1-n1c(-c2[c-]ccc3c2oc2cc(-c4ccc(-c5ccccc5)cc4)ccc23)nc2ccc3ccccc3c21.[CH3][Ge]([CH3])([CH3])[c]1ccc(-c2[c-]cccc2)nc1.[Ir]. The van der Waals surface area contributed by atoms with Crippen LogP contribution in [0.2, 0.25) is 17.3 Å². The summed E-state index contributed by atoms with van der Waals surface area (Å²) in [5, 5.41) is 4.51. The fraction of sp³-hybridized carbons (Fsp3) is 0.148. The van der Waals surface area contributed by atoms with Crippen LogP contribution < -0.4 is 4.40 Å². The second kappa shape index (κ2) is 19.1. The van der Waals surface area contributed by atoms with E-state index < -0.39 is 13.3 Å². The minimum atomic E-state index is -1.72. The van der Waals surface area contributed by atoms with Crippen LogP contribution in [0.1, 0.15) is 50.7 Å². The van der Waals surface area contributed by atoms with Crippen molar-refractivity contribution in [3.8, 4) is 50.6 Å². The molecule has 1 radical (unpaired) electrons. The van der Waals surface area contributed by atoms with E-state index in [-0.39, 0.29) is 20.1 Å². The van der Waals surface area contributed by atoms with Gasteiger partial charge in [-0.15, -0.1) is 18.2 Å². The summed E-state index contributed by atoms with van der Waals surface area (Å²) in [6.07, 6.45) is 2.04. The molecule has 8 aromatic carbocycles. The Morgan fingerprint density at radius 3 is 1.91 bits per heavy atom. The van der Waals surface area contributed by atoms with E-state index in [1.165, 1.54) is 43.1 Å². The van der Waals surface area contributed by atoms with Crippen molar-refractivity contribution >= 4 is 61.4 Å². The van der Waals surface area contributed by atoms with Gasteiger partial charge in [0, 0.05) is 36.6 Å². The van der Waals surface area contributed by atoms with Crippen molar-refractivity contribution in [2.45, 2.75) is 56.8 Å². The Hall–Kier alpha value is -6.37. The van der Waals surface area contributed by atoms with Crippen LogP contribution in [0.5, 0.6) is 0 Å². The molecule has 0 aliphatic carbocycles. The van der Waals surface area contributed by atoms with Gasteiger partial charge in [-0.3, -0.25) is 4.98 Å². The van der Waals surface area contributed by atoms with E-state index >= 15 is 0 Å². The van der Waals surface area contributed by atoms with E-state index in [1.54, 1.807) is 0 Å². The second-order valence-corrected chi connectivity index (χ2v) is 29.5. The van der Waals surface area contributed by atoms with E-state index in [9.17, 15) is 0 Å². The molecule has 0 aliphatic rings. The predicted octanol–water partition coefficient (Wildman–Crippen LogP) is 16.2. The summed E-state index contributed by atoms with van der Waals surface area (Å²) < 4.78 is 10.7. The average Bonchev–Trinajstić information content (AvgIpc) is 3.93. The van der Waals surface area contributed by atoms with Gasteiger partial charge in [0.05, 0.1) is 22.4 Å². The van der Waals surface area contributed by atoms with Crippen molar-refractivity contribution in [1.82, 2.24) is 14.5 Å². The zero-order valence-corrected chi connectivity index (χ0v) is 43.6. The molecule has 0 unspecified atom stereocenters. The Balaban J connectivity index is 0.000000281. The number of pyridine rings is 1. The van der Waals surface area contributed by atoms with Gasteiger partial charge in [0.25, 0.3) is 0 Å². The molecule has 11 rings (SSSR count). The van der Waals surface area contributed by atoms with Crippen LogP contribution in [0.15, 0.2) is 187 Å². The molecule has 0 atom stereocenters. The molecule has 0 aliphatic heterocycles. The number of para-hydroxylation sites is 1. The number of aromatic nitrogens is 3. The van der Waals surface area contributed by atoms with Crippen LogP contribution in [0.25, 0.3) is 94.3 Å². The molecule has 3 heterocycles. The third-order valence-corrected chi connectivity index (χ3v) is 17.0. The van der Waals surface area contributed by atoms with Crippen molar-refractivity contribution in [2.75, 3.05) is 0 Å². The van der Waals surface area contributed by atoms with Crippen LogP contribution in [-0.4, -0.2) is 27.8 Å². The van der Waals surface area contributed by atoms with Gasteiger partial charge in [0.2, 0.25) is 0 Å². The van der Waals surface area contributed by atoms with Crippen LogP contribution in [-0.2, 0) is 20.1 Å². The first-order chi connectivity index (χ1) is 32.0. The Kier molecular flexibility index (Phi) is 13.0. The van der Waals surface area contributed by atoms with E-state index in [0.29, 0.717) is 11.8 Å². The summed E-state index contributed by atoms with van der Waals surface area (Å²) in [6, 6.07) is 68.7. The van der Waals surface area contributed by atoms with E-state index in [0.717, 1.165) is 66.7 Å². The van der Waals surface area contributed by atoms with Crippen molar-refractivity contribution in [3.05, 3.63) is 205 Å². The Labute approximate surface area is 410 Å². The first-order valence-corrected chi connectivity index (χ1v) is 30.4. The van der Waals surface area contributed by atoms with Crippen molar-refractivity contribution in [2.24, 2.45) is 0 Å². The first kappa shape index (κ1) is 45.8. The minimum absolute atomic E-state index is 0. The molecule has 0 saturated carbocycles. The molecule has 11 aromatic rings. The number of benzene rings is 8. The largest absolute Gasteiger partial charge is 0 e. The van der Waals surface area contributed by atoms with Gasteiger partial charge in [-0.05, 0) is 62.7 Å².